The van der Waals surface area contributed by atoms with Crippen molar-refractivity contribution in [3.63, 3.8) is 0 Å². The van der Waals surface area contributed by atoms with Crippen LogP contribution in [0, 0.1) is 0 Å². The highest BCUT2D eigenvalue weighted by molar-refractivity contribution is 5.57. The maximum Gasteiger partial charge on any atom is 0.124 e. The van der Waals surface area contributed by atoms with E-state index in [1.807, 2.05) is 27.7 Å². The van der Waals surface area contributed by atoms with Crippen LogP contribution in [-0.2, 0) is 0 Å². The Kier molecular flexibility index (Phi) is 11.3. The van der Waals surface area contributed by atoms with Gasteiger partial charge >= 0.3 is 0 Å². The molecule has 0 saturated heterocycles. The lowest BCUT2D eigenvalue weighted by atomic mass is 10.3. The molecule has 15 heavy (non-hydrogen) atoms. The van der Waals surface area contributed by atoms with E-state index in [2.05, 4.69) is 16.9 Å². The Morgan fingerprint density at radius 3 is 2.20 bits per heavy atom. The molecule has 0 atom stereocenters. The summed E-state index contributed by atoms with van der Waals surface area (Å²) in [6.07, 6.45) is 4.75. The molecule has 0 N–H and O–H groups in total. The van der Waals surface area contributed by atoms with Crippen molar-refractivity contribution in [1.82, 2.24) is 15.2 Å². The highest BCUT2D eigenvalue weighted by atomic mass is 19.2. The highest BCUT2D eigenvalue weighted by Gasteiger charge is 2.04. The standard InChI is InChI=1S/C7H8FN3.2C2H6/c1-3-5-7-6(4-2)9-10-11(7)8;2*1-2/h3-5H,2H2,1H3;2*1-2H3/b5-3-;;. The Morgan fingerprint density at radius 1 is 1.27 bits per heavy atom. The predicted molar refractivity (Wildman–Crippen MR) is 64.0 cm³/mol. The van der Waals surface area contributed by atoms with Gasteiger partial charge in [-0.15, -0.1) is 5.10 Å². The fourth-order valence-electron chi connectivity index (χ4n) is 0.732. The first kappa shape index (κ1) is 16.0. The van der Waals surface area contributed by atoms with Gasteiger partial charge in [-0.25, -0.2) is 0 Å². The molecule has 0 aromatic carbocycles. The van der Waals surface area contributed by atoms with Gasteiger partial charge in [-0.2, -0.15) is 0 Å². The number of halogens is 1. The molecule has 0 bridgehead atoms. The summed E-state index contributed by atoms with van der Waals surface area (Å²) in [6.45, 7) is 13.3. The summed E-state index contributed by atoms with van der Waals surface area (Å²) < 4.78 is 12.6. The molecule has 0 spiro atoms. The van der Waals surface area contributed by atoms with Crippen LogP contribution in [0.4, 0.5) is 4.48 Å². The van der Waals surface area contributed by atoms with Crippen LogP contribution in [0.3, 0.4) is 0 Å². The normalized spacial score (nSPS) is 8.67. The molecular formula is C11H20FN3. The summed E-state index contributed by atoms with van der Waals surface area (Å²) >= 11 is 0. The number of aromatic nitrogens is 3. The van der Waals surface area contributed by atoms with Gasteiger partial charge in [0.2, 0.25) is 0 Å². The number of rotatable bonds is 2. The second-order valence-corrected chi connectivity index (χ2v) is 1.92. The first-order chi connectivity index (χ1) is 7.29. The van der Waals surface area contributed by atoms with Crippen LogP contribution in [0.1, 0.15) is 46.0 Å². The third-order valence-corrected chi connectivity index (χ3v) is 1.21. The van der Waals surface area contributed by atoms with Crippen LogP contribution in [0.15, 0.2) is 12.7 Å². The summed E-state index contributed by atoms with van der Waals surface area (Å²) in [5.41, 5.74) is 0.771. The smallest absolute Gasteiger partial charge is 0.124 e. The summed E-state index contributed by atoms with van der Waals surface area (Å²) in [5.74, 6) is 0. The van der Waals surface area contributed by atoms with Gasteiger partial charge in [-0.1, -0.05) is 49.7 Å². The molecule has 0 saturated carbocycles. The van der Waals surface area contributed by atoms with Crippen molar-refractivity contribution in [3.05, 3.63) is 24.0 Å². The molecule has 0 aliphatic heterocycles. The first-order valence-electron chi connectivity index (χ1n) is 5.16. The highest BCUT2D eigenvalue weighted by Crippen LogP contribution is 2.08. The van der Waals surface area contributed by atoms with Crippen LogP contribution >= 0.6 is 0 Å². The second kappa shape index (κ2) is 10.6. The van der Waals surface area contributed by atoms with Crippen molar-refractivity contribution in [2.24, 2.45) is 0 Å². The zero-order valence-electron chi connectivity index (χ0n) is 10.2. The zero-order chi connectivity index (χ0) is 12.3. The largest absolute Gasteiger partial charge is 0.128 e. The Morgan fingerprint density at radius 2 is 1.80 bits per heavy atom. The summed E-state index contributed by atoms with van der Waals surface area (Å²) in [7, 11) is 0. The molecule has 1 heterocycles. The molecule has 1 aromatic heterocycles. The van der Waals surface area contributed by atoms with Gasteiger partial charge in [0.15, 0.2) is 0 Å². The minimum Gasteiger partial charge on any atom is -0.128 e. The first-order valence-corrected chi connectivity index (χ1v) is 5.16. The zero-order valence-corrected chi connectivity index (χ0v) is 10.2. The monoisotopic (exact) mass is 213 g/mol. The summed E-state index contributed by atoms with van der Waals surface area (Å²) in [6, 6.07) is 0. The van der Waals surface area contributed by atoms with Crippen LogP contribution in [0.5, 0.6) is 0 Å². The molecule has 0 unspecified atom stereocenters. The van der Waals surface area contributed by atoms with E-state index in [4.69, 9.17) is 0 Å². The molecule has 4 heteroatoms. The second-order valence-electron chi connectivity index (χ2n) is 1.92. The lowest BCUT2D eigenvalue weighted by Crippen LogP contribution is -1.87. The van der Waals surface area contributed by atoms with Crippen molar-refractivity contribution < 1.29 is 4.48 Å². The van der Waals surface area contributed by atoms with Crippen molar-refractivity contribution in [1.29, 1.82) is 0 Å². The molecule has 3 nitrogen and oxygen atoms in total. The van der Waals surface area contributed by atoms with Gasteiger partial charge in [-0.3, -0.25) is 0 Å². The van der Waals surface area contributed by atoms with E-state index < -0.39 is 0 Å². The maximum atomic E-state index is 12.6. The third-order valence-electron chi connectivity index (χ3n) is 1.21. The molecule has 0 fully saturated rings. The van der Waals surface area contributed by atoms with Crippen LogP contribution in [-0.4, -0.2) is 15.2 Å². The van der Waals surface area contributed by atoms with E-state index in [-0.39, 0.29) is 4.90 Å². The molecule has 0 radical (unpaired) electrons. The third kappa shape index (κ3) is 5.10. The average molecular weight is 213 g/mol. The quantitative estimate of drug-likeness (QED) is 0.749. The van der Waals surface area contributed by atoms with Crippen molar-refractivity contribution in [2.75, 3.05) is 0 Å². The van der Waals surface area contributed by atoms with Gasteiger partial charge in [-0.05, 0) is 24.3 Å². The summed E-state index contributed by atoms with van der Waals surface area (Å²) in [4.78, 5) is 0.219. The van der Waals surface area contributed by atoms with E-state index in [0.717, 1.165) is 0 Å². The molecule has 0 amide bonds. The van der Waals surface area contributed by atoms with E-state index >= 15 is 0 Å². The minimum absolute atomic E-state index is 0.219. The Hall–Kier alpha value is -1.45. The topological polar surface area (TPSA) is 30.7 Å². The Bertz CT molecular complexity index is 290. The molecule has 86 valence electrons. The lowest BCUT2D eigenvalue weighted by Gasteiger charge is -1.87. The van der Waals surface area contributed by atoms with Crippen molar-refractivity contribution in [2.45, 2.75) is 34.6 Å². The Labute approximate surface area is 91.2 Å². The van der Waals surface area contributed by atoms with Crippen molar-refractivity contribution >= 4 is 12.2 Å². The summed E-state index contributed by atoms with van der Waals surface area (Å²) in [5, 5.41) is 6.70. The number of nitrogens with zero attached hydrogens (tertiary/aromatic N) is 3. The number of hydrogen-bond acceptors (Lipinski definition) is 2. The van der Waals surface area contributed by atoms with Gasteiger partial charge < -0.3 is 0 Å². The predicted octanol–water partition coefficient (Wildman–Crippen LogP) is 3.74. The molecular weight excluding hydrogens is 193 g/mol. The van der Waals surface area contributed by atoms with E-state index in [1.54, 1.807) is 19.1 Å². The van der Waals surface area contributed by atoms with Gasteiger partial charge in [0.1, 0.15) is 11.4 Å². The molecule has 0 aliphatic rings. The lowest BCUT2D eigenvalue weighted by molar-refractivity contribution is 0.303. The van der Waals surface area contributed by atoms with Gasteiger partial charge in [0.25, 0.3) is 0 Å². The van der Waals surface area contributed by atoms with E-state index in [9.17, 15) is 4.48 Å². The van der Waals surface area contributed by atoms with Crippen LogP contribution in [0.2, 0.25) is 0 Å². The van der Waals surface area contributed by atoms with Crippen LogP contribution < -0.4 is 0 Å². The minimum atomic E-state index is 0.219. The van der Waals surface area contributed by atoms with Crippen molar-refractivity contribution in [3.8, 4) is 0 Å². The molecule has 0 aliphatic carbocycles. The average Bonchev–Trinajstić information content (AvgIpc) is 2.66. The SMILES string of the molecule is C=Cc1nnn(F)c1/C=C\C.CC.CC. The fourth-order valence-corrected chi connectivity index (χ4v) is 0.732. The fraction of sp³-hybridized carbons (Fsp3) is 0.455. The van der Waals surface area contributed by atoms with E-state index in [0.29, 0.717) is 11.4 Å². The molecule has 1 aromatic rings. The van der Waals surface area contributed by atoms with E-state index in [1.165, 1.54) is 6.08 Å². The molecule has 1 rings (SSSR count). The van der Waals surface area contributed by atoms with Gasteiger partial charge in [0.05, 0.1) is 0 Å². The number of allylic oxidation sites excluding steroid dienone is 1. The van der Waals surface area contributed by atoms with Crippen LogP contribution in [0.25, 0.3) is 12.2 Å². The van der Waals surface area contributed by atoms with Gasteiger partial charge in [0, 0.05) is 0 Å². The Balaban J connectivity index is 0. The number of hydrogen-bond donors (Lipinski definition) is 0. The maximum absolute atomic E-state index is 12.6.